The monoisotopic (exact) mass is 217 g/mol. The van der Waals surface area contributed by atoms with Crippen molar-refractivity contribution in [3.8, 4) is 0 Å². The van der Waals surface area contributed by atoms with Gasteiger partial charge in [-0.05, 0) is 30.2 Å². The number of anilines is 1. The van der Waals surface area contributed by atoms with E-state index in [4.69, 9.17) is 11.5 Å². The van der Waals surface area contributed by atoms with Crippen molar-refractivity contribution in [1.29, 1.82) is 0 Å². The Kier molecular flexibility index (Phi) is 2.87. The van der Waals surface area contributed by atoms with Gasteiger partial charge in [0.1, 0.15) is 5.82 Å². The first-order chi connectivity index (χ1) is 7.65. The van der Waals surface area contributed by atoms with E-state index < -0.39 is 0 Å². The second-order valence-corrected chi connectivity index (χ2v) is 3.81. The van der Waals surface area contributed by atoms with Gasteiger partial charge in [0, 0.05) is 19.4 Å². The molecule has 0 saturated carbocycles. The summed E-state index contributed by atoms with van der Waals surface area (Å²) >= 11 is 0. The lowest BCUT2D eigenvalue weighted by atomic mass is 10.1. The zero-order chi connectivity index (χ0) is 11.5. The molecule has 0 bridgehead atoms. The van der Waals surface area contributed by atoms with Gasteiger partial charge in [-0.15, -0.1) is 0 Å². The van der Waals surface area contributed by atoms with Crippen LogP contribution in [0.1, 0.15) is 17.3 Å². The molecular formula is C11H15N5. The number of nitrogens with two attached hydrogens (primary N) is 2. The molecule has 0 fully saturated rings. The lowest BCUT2D eigenvalue weighted by molar-refractivity contribution is 0.657. The van der Waals surface area contributed by atoms with E-state index >= 15 is 0 Å². The quantitative estimate of drug-likeness (QED) is 0.790. The molecule has 0 aliphatic rings. The average molecular weight is 217 g/mol. The van der Waals surface area contributed by atoms with Crippen molar-refractivity contribution in [2.24, 2.45) is 12.8 Å². The van der Waals surface area contributed by atoms with E-state index in [0.717, 1.165) is 11.3 Å². The summed E-state index contributed by atoms with van der Waals surface area (Å²) in [5.74, 6) is 0.519. The molecule has 0 spiro atoms. The molecule has 0 radical (unpaired) electrons. The first-order valence-corrected chi connectivity index (χ1v) is 5.10. The van der Waals surface area contributed by atoms with Crippen LogP contribution >= 0.6 is 0 Å². The van der Waals surface area contributed by atoms with Crippen molar-refractivity contribution >= 4 is 5.82 Å². The van der Waals surface area contributed by atoms with Crippen LogP contribution in [0.4, 0.5) is 5.82 Å². The fraction of sp³-hybridized carbons (Fsp3) is 0.273. The van der Waals surface area contributed by atoms with Crippen molar-refractivity contribution in [1.82, 2.24) is 14.8 Å². The molecule has 0 aromatic carbocycles. The van der Waals surface area contributed by atoms with E-state index in [2.05, 4.69) is 10.1 Å². The zero-order valence-corrected chi connectivity index (χ0v) is 9.17. The minimum Gasteiger partial charge on any atom is -0.384 e. The summed E-state index contributed by atoms with van der Waals surface area (Å²) in [5.41, 5.74) is 13.6. The van der Waals surface area contributed by atoms with Crippen LogP contribution in [-0.2, 0) is 13.5 Å². The van der Waals surface area contributed by atoms with Gasteiger partial charge in [-0.3, -0.25) is 4.68 Å². The largest absolute Gasteiger partial charge is 0.384 e. The van der Waals surface area contributed by atoms with Gasteiger partial charge in [0.05, 0.1) is 11.7 Å². The third kappa shape index (κ3) is 2.38. The minimum absolute atomic E-state index is 0.108. The highest BCUT2D eigenvalue weighted by molar-refractivity contribution is 5.32. The van der Waals surface area contributed by atoms with Gasteiger partial charge >= 0.3 is 0 Å². The lowest BCUT2D eigenvalue weighted by Gasteiger charge is -2.08. The maximum absolute atomic E-state index is 6.05. The van der Waals surface area contributed by atoms with E-state index in [1.165, 1.54) is 0 Å². The summed E-state index contributed by atoms with van der Waals surface area (Å²) in [6.45, 7) is 0. The third-order valence-corrected chi connectivity index (χ3v) is 2.42. The predicted octanol–water partition coefficient (Wildman–Crippen LogP) is 0.640. The summed E-state index contributed by atoms with van der Waals surface area (Å²) in [5, 5.41) is 4.27. The van der Waals surface area contributed by atoms with E-state index in [0.29, 0.717) is 12.2 Å². The van der Waals surface area contributed by atoms with Gasteiger partial charge in [-0.1, -0.05) is 0 Å². The molecule has 84 valence electrons. The molecule has 5 nitrogen and oxygen atoms in total. The van der Waals surface area contributed by atoms with E-state index in [1.807, 2.05) is 31.4 Å². The van der Waals surface area contributed by atoms with Gasteiger partial charge < -0.3 is 11.5 Å². The van der Waals surface area contributed by atoms with Crippen LogP contribution in [0.3, 0.4) is 0 Å². The molecule has 2 aromatic rings. The van der Waals surface area contributed by atoms with E-state index in [-0.39, 0.29) is 6.04 Å². The van der Waals surface area contributed by atoms with Crippen LogP contribution in [0, 0.1) is 0 Å². The number of nitrogen functional groups attached to an aromatic ring is 1. The maximum Gasteiger partial charge on any atom is 0.123 e. The highest BCUT2D eigenvalue weighted by atomic mass is 15.3. The molecule has 2 heterocycles. The molecule has 0 aliphatic carbocycles. The van der Waals surface area contributed by atoms with E-state index in [1.54, 1.807) is 10.9 Å². The Morgan fingerprint density at radius 2 is 2.25 bits per heavy atom. The minimum atomic E-state index is -0.108. The Morgan fingerprint density at radius 1 is 1.44 bits per heavy atom. The molecule has 0 aliphatic heterocycles. The standard InChI is InChI=1S/C11H15N5/c1-16-5-3-10(15-16)9(12)6-8-2-4-14-11(13)7-8/h2-5,7,9H,6,12H2,1H3,(H2,13,14). The molecule has 4 N–H and O–H groups in total. The third-order valence-electron chi connectivity index (χ3n) is 2.42. The number of hydrogen-bond acceptors (Lipinski definition) is 4. The van der Waals surface area contributed by atoms with Crippen LogP contribution in [-0.4, -0.2) is 14.8 Å². The van der Waals surface area contributed by atoms with Crippen molar-refractivity contribution in [2.75, 3.05) is 5.73 Å². The predicted molar refractivity (Wildman–Crippen MR) is 62.5 cm³/mol. The second kappa shape index (κ2) is 4.32. The first kappa shape index (κ1) is 10.6. The highest BCUT2D eigenvalue weighted by Gasteiger charge is 2.09. The van der Waals surface area contributed by atoms with Crippen molar-refractivity contribution in [3.05, 3.63) is 41.9 Å². The van der Waals surface area contributed by atoms with Gasteiger partial charge in [-0.25, -0.2) is 4.98 Å². The van der Waals surface area contributed by atoms with Crippen LogP contribution in [0.15, 0.2) is 30.6 Å². The molecule has 2 rings (SSSR count). The van der Waals surface area contributed by atoms with Crippen LogP contribution in [0.2, 0.25) is 0 Å². The summed E-state index contributed by atoms with van der Waals surface area (Å²) in [7, 11) is 1.88. The molecule has 16 heavy (non-hydrogen) atoms. The number of hydrogen-bond donors (Lipinski definition) is 2. The summed E-state index contributed by atoms with van der Waals surface area (Å²) in [6, 6.07) is 5.57. The van der Waals surface area contributed by atoms with Crippen molar-refractivity contribution in [3.63, 3.8) is 0 Å². The number of rotatable bonds is 3. The molecule has 5 heteroatoms. The Balaban J connectivity index is 2.10. The smallest absolute Gasteiger partial charge is 0.123 e. The van der Waals surface area contributed by atoms with Crippen LogP contribution < -0.4 is 11.5 Å². The topological polar surface area (TPSA) is 82.8 Å². The summed E-state index contributed by atoms with van der Waals surface area (Å²) in [4.78, 5) is 3.94. The number of aryl methyl sites for hydroxylation is 1. The number of nitrogens with zero attached hydrogens (tertiary/aromatic N) is 3. The van der Waals surface area contributed by atoms with E-state index in [9.17, 15) is 0 Å². The number of aromatic nitrogens is 3. The van der Waals surface area contributed by atoms with Crippen molar-refractivity contribution < 1.29 is 0 Å². The van der Waals surface area contributed by atoms with Gasteiger partial charge in [0.15, 0.2) is 0 Å². The molecule has 1 unspecified atom stereocenters. The Labute approximate surface area is 94.1 Å². The van der Waals surface area contributed by atoms with Gasteiger partial charge in [0.25, 0.3) is 0 Å². The molecular weight excluding hydrogens is 202 g/mol. The fourth-order valence-corrected chi connectivity index (χ4v) is 1.61. The lowest BCUT2D eigenvalue weighted by Crippen LogP contribution is -2.14. The summed E-state index contributed by atoms with van der Waals surface area (Å²) in [6.07, 6.45) is 4.29. The normalized spacial score (nSPS) is 12.6. The van der Waals surface area contributed by atoms with Gasteiger partial charge in [-0.2, -0.15) is 5.10 Å². The summed E-state index contributed by atoms with van der Waals surface area (Å²) < 4.78 is 1.75. The Morgan fingerprint density at radius 3 is 2.88 bits per heavy atom. The second-order valence-electron chi connectivity index (χ2n) is 3.81. The molecule has 1 atom stereocenters. The van der Waals surface area contributed by atoms with Crippen LogP contribution in [0.5, 0.6) is 0 Å². The zero-order valence-electron chi connectivity index (χ0n) is 9.17. The Bertz CT molecular complexity index is 477. The average Bonchev–Trinajstić information content (AvgIpc) is 2.65. The first-order valence-electron chi connectivity index (χ1n) is 5.10. The highest BCUT2D eigenvalue weighted by Crippen LogP contribution is 2.14. The Hall–Kier alpha value is -1.88. The van der Waals surface area contributed by atoms with Crippen molar-refractivity contribution in [2.45, 2.75) is 12.5 Å². The fourth-order valence-electron chi connectivity index (χ4n) is 1.61. The van der Waals surface area contributed by atoms with Crippen LogP contribution in [0.25, 0.3) is 0 Å². The van der Waals surface area contributed by atoms with Gasteiger partial charge in [0.2, 0.25) is 0 Å². The number of pyridine rings is 1. The molecule has 0 amide bonds. The SMILES string of the molecule is Cn1ccc(C(N)Cc2ccnc(N)c2)n1. The maximum atomic E-state index is 6.05. The molecule has 2 aromatic heterocycles. The molecule has 0 saturated heterocycles.